The van der Waals surface area contributed by atoms with Gasteiger partial charge in [0.2, 0.25) is 5.92 Å². The zero-order chi connectivity index (χ0) is 13.1. The Morgan fingerprint density at radius 1 is 1.11 bits per heavy atom. The molecule has 0 heterocycles. The van der Waals surface area contributed by atoms with Crippen LogP contribution in [0.2, 0.25) is 0 Å². The lowest BCUT2D eigenvalue weighted by atomic mass is 9.68. The minimum atomic E-state index is -2.38. The molecule has 2 rings (SSSR count). The van der Waals surface area contributed by atoms with Crippen molar-refractivity contribution in [2.75, 3.05) is 13.1 Å². The highest BCUT2D eigenvalue weighted by molar-refractivity contribution is 4.91. The molecule has 0 radical (unpaired) electrons. The van der Waals surface area contributed by atoms with Gasteiger partial charge in [-0.2, -0.15) is 0 Å². The third-order valence-electron chi connectivity index (χ3n) is 4.89. The van der Waals surface area contributed by atoms with Gasteiger partial charge in [0, 0.05) is 19.4 Å². The second kappa shape index (κ2) is 5.85. The summed E-state index contributed by atoms with van der Waals surface area (Å²) in [5, 5.41) is 3.47. The van der Waals surface area contributed by atoms with E-state index in [1.54, 1.807) is 0 Å². The van der Waals surface area contributed by atoms with E-state index in [-0.39, 0.29) is 18.8 Å². The van der Waals surface area contributed by atoms with Crippen molar-refractivity contribution in [2.45, 2.75) is 70.6 Å². The molecule has 2 fully saturated rings. The highest BCUT2D eigenvalue weighted by Gasteiger charge is 2.43. The smallest absolute Gasteiger partial charge is 0.248 e. The molecule has 0 aromatic rings. The molecular formula is C15H27F2N. The lowest BCUT2D eigenvalue weighted by Gasteiger charge is -2.39. The molecule has 18 heavy (non-hydrogen) atoms. The van der Waals surface area contributed by atoms with Gasteiger partial charge in [0.05, 0.1) is 0 Å². The van der Waals surface area contributed by atoms with Crippen LogP contribution in [0.3, 0.4) is 0 Å². The molecule has 2 saturated carbocycles. The summed E-state index contributed by atoms with van der Waals surface area (Å²) in [6, 6.07) is 0. The van der Waals surface area contributed by atoms with E-state index >= 15 is 0 Å². The van der Waals surface area contributed by atoms with E-state index in [0.717, 1.165) is 25.9 Å². The van der Waals surface area contributed by atoms with E-state index in [2.05, 4.69) is 12.2 Å². The first kappa shape index (κ1) is 14.2. The van der Waals surface area contributed by atoms with E-state index in [9.17, 15) is 8.78 Å². The molecule has 3 heteroatoms. The van der Waals surface area contributed by atoms with Gasteiger partial charge in [0.15, 0.2) is 0 Å². The molecule has 2 aliphatic rings. The van der Waals surface area contributed by atoms with Crippen LogP contribution in [0, 0.1) is 11.3 Å². The van der Waals surface area contributed by atoms with E-state index in [1.165, 1.54) is 32.1 Å². The average molecular weight is 259 g/mol. The molecule has 0 bridgehead atoms. The quantitative estimate of drug-likeness (QED) is 0.773. The van der Waals surface area contributed by atoms with Crippen molar-refractivity contribution in [3.63, 3.8) is 0 Å². The number of alkyl halides is 2. The van der Waals surface area contributed by atoms with Gasteiger partial charge in [-0.15, -0.1) is 0 Å². The van der Waals surface area contributed by atoms with Gasteiger partial charge in [-0.1, -0.05) is 26.2 Å². The molecule has 0 saturated heterocycles. The fourth-order valence-electron chi connectivity index (χ4n) is 3.97. The van der Waals surface area contributed by atoms with Gasteiger partial charge >= 0.3 is 0 Å². The van der Waals surface area contributed by atoms with E-state index in [1.807, 2.05) is 0 Å². The molecule has 0 aromatic heterocycles. The highest BCUT2D eigenvalue weighted by atomic mass is 19.3. The Labute approximate surface area is 110 Å². The van der Waals surface area contributed by atoms with Gasteiger partial charge in [0.25, 0.3) is 0 Å². The zero-order valence-corrected chi connectivity index (χ0v) is 11.6. The summed E-state index contributed by atoms with van der Waals surface area (Å²) < 4.78 is 26.6. The van der Waals surface area contributed by atoms with Crippen LogP contribution in [0.4, 0.5) is 8.78 Å². The highest BCUT2D eigenvalue weighted by Crippen LogP contribution is 2.48. The first-order chi connectivity index (χ1) is 8.55. The van der Waals surface area contributed by atoms with Crippen molar-refractivity contribution in [3.8, 4) is 0 Å². The summed E-state index contributed by atoms with van der Waals surface area (Å²) in [7, 11) is 0. The third-order valence-corrected chi connectivity index (χ3v) is 4.89. The summed E-state index contributed by atoms with van der Waals surface area (Å²) >= 11 is 0. The minimum Gasteiger partial charge on any atom is -0.316 e. The van der Waals surface area contributed by atoms with Gasteiger partial charge in [0.1, 0.15) is 0 Å². The van der Waals surface area contributed by atoms with Crippen LogP contribution >= 0.6 is 0 Å². The first-order valence-electron chi connectivity index (χ1n) is 7.64. The minimum absolute atomic E-state index is 0.120. The Balaban J connectivity index is 1.92. The molecule has 1 atom stereocenters. The Morgan fingerprint density at radius 2 is 1.83 bits per heavy atom. The van der Waals surface area contributed by atoms with Crippen LogP contribution in [0.25, 0.3) is 0 Å². The van der Waals surface area contributed by atoms with Crippen LogP contribution in [0.15, 0.2) is 0 Å². The second-order valence-corrected chi connectivity index (χ2v) is 6.51. The van der Waals surface area contributed by atoms with Crippen LogP contribution in [-0.2, 0) is 0 Å². The lowest BCUT2D eigenvalue weighted by Crippen LogP contribution is -2.37. The van der Waals surface area contributed by atoms with Crippen molar-refractivity contribution in [3.05, 3.63) is 0 Å². The predicted octanol–water partition coefficient (Wildman–Crippen LogP) is 4.37. The molecular weight excluding hydrogens is 232 g/mol. The molecule has 106 valence electrons. The predicted molar refractivity (Wildman–Crippen MR) is 71.0 cm³/mol. The summed E-state index contributed by atoms with van der Waals surface area (Å²) in [6.07, 6.45) is 8.40. The topological polar surface area (TPSA) is 12.0 Å². The van der Waals surface area contributed by atoms with E-state index in [4.69, 9.17) is 0 Å². The molecule has 1 N–H and O–H groups in total. The second-order valence-electron chi connectivity index (χ2n) is 6.51. The van der Waals surface area contributed by atoms with Crippen molar-refractivity contribution in [2.24, 2.45) is 11.3 Å². The largest absolute Gasteiger partial charge is 0.316 e. The van der Waals surface area contributed by atoms with Gasteiger partial charge < -0.3 is 5.32 Å². The Bertz CT molecular complexity index is 259. The molecule has 1 unspecified atom stereocenters. The monoisotopic (exact) mass is 259 g/mol. The van der Waals surface area contributed by atoms with Crippen LogP contribution < -0.4 is 5.32 Å². The standard InChI is InChI=1S/C15H27F2N/c1-2-18-12-14(7-4-3-5-8-14)10-13-6-9-15(16,17)11-13/h13,18H,2-12H2,1H3. The molecule has 0 aromatic carbocycles. The summed E-state index contributed by atoms with van der Waals surface area (Å²) in [5.41, 5.74) is 0.319. The van der Waals surface area contributed by atoms with Gasteiger partial charge in [-0.05, 0) is 43.6 Å². The van der Waals surface area contributed by atoms with Crippen molar-refractivity contribution in [1.82, 2.24) is 5.32 Å². The lowest BCUT2D eigenvalue weighted by molar-refractivity contribution is 0.00158. The van der Waals surface area contributed by atoms with E-state index in [0.29, 0.717) is 5.41 Å². The molecule has 0 spiro atoms. The maximum absolute atomic E-state index is 13.3. The molecule has 0 amide bonds. The Morgan fingerprint density at radius 3 is 2.39 bits per heavy atom. The molecule has 1 nitrogen and oxygen atoms in total. The molecule has 0 aliphatic heterocycles. The Hall–Kier alpha value is -0.180. The maximum Gasteiger partial charge on any atom is 0.248 e. The van der Waals surface area contributed by atoms with E-state index < -0.39 is 5.92 Å². The SMILES string of the molecule is CCNCC1(CC2CCC(F)(F)C2)CCCCC1. The summed E-state index contributed by atoms with van der Waals surface area (Å²) in [4.78, 5) is 0. The fourth-order valence-corrected chi connectivity index (χ4v) is 3.97. The number of rotatable bonds is 5. The maximum atomic E-state index is 13.3. The van der Waals surface area contributed by atoms with Gasteiger partial charge in [-0.25, -0.2) is 8.78 Å². The number of halogens is 2. The number of hydrogen-bond acceptors (Lipinski definition) is 1. The first-order valence-corrected chi connectivity index (χ1v) is 7.64. The number of hydrogen-bond donors (Lipinski definition) is 1. The van der Waals surface area contributed by atoms with Crippen LogP contribution in [-0.4, -0.2) is 19.0 Å². The van der Waals surface area contributed by atoms with Crippen molar-refractivity contribution >= 4 is 0 Å². The summed E-state index contributed by atoms with van der Waals surface area (Å²) in [6.45, 7) is 4.15. The van der Waals surface area contributed by atoms with Gasteiger partial charge in [-0.3, -0.25) is 0 Å². The molecule has 2 aliphatic carbocycles. The van der Waals surface area contributed by atoms with Crippen LogP contribution in [0.1, 0.15) is 64.7 Å². The summed E-state index contributed by atoms with van der Waals surface area (Å²) in [5.74, 6) is -2.12. The fraction of sp³-hybridized carbons (Fsp3) is 1.00. The zero-order valence-electron chi connectivity index (χ0n) is 11.6. The Kier molecular flexibility index (Phi) is 4.63. The van der Waals surface area contributed by atoms with Crippen molar-refractivity contribution in [1.29, 1.82) is 0 Å². The average Bonchev–Trinajstić information content (AvgIpc) is 2.67. The van der Waals surface area contributed by atoms with Crippen molar-refractivity contribution < 1.29 is 8.78 Å². The number of nitrogens with one attached hydrogen (secondary N) is 1. The van der Waals surface area contributed by atoms with Crippen LogP contribution in [0.5, 0.6) is 0 Å². The normalized spacial score (nSPS) is 30.5. The third kappa shape index (κ3) is 3.66.